The Morgan fingerprint density at radius 3 is 1.85 bits per heavy atom. The first-order valence-electron chi connectivity index (χ1n) is 18.5. The third-order valence-corrected chi connectivity index (χ3v) is 11.0. The monoisotopic (exact) mass is 642 g/mol. The summed E-state index contributed by atoms with van der Waals surface area (Å²) in [5.41, 5.74) is 10.2. The zero-order chi connectivity index (χ0) is 34.2. The van der Waals surface area contributed by atoms with E-state index in [1.54, 1.807) is 0 Å². The van der Waals surface area contributed by atoms with Gasteiger partial charge in [-0.1, -0.05) is 77.6 Å². The van der Waals surface area contributed by atoms with Gasteiger partial charge in [-0.3, -0.25) is 14.4 Å². The van der Waals surface area contributed by atoms with Crippen molar-refractivity contribution in [2.45, 2.75) is 132 Å². The lowest BCUT2D eigenvalue weighted by atomic mass is 9.75. The number of allylic oxidation sites excluding steroid dienone is 2. The first-order valence-corrected chi connectivity index (χ1v) is 18.5. The molecule has 0 heterocycles. The Morgan fingerprint density at radius 2 is 1.28 bits per heavy atom. The van der Waals surface area contributed by atoms with Crippen LogP contribution in [0.2, 0.25) is 0 Å². The van der Waals surface area contributed by atoms with Gasteiger partial charge in [-0.2, -0.15) is 0 Å². The van der Waals surface area contributed by atoms with Crippen molar-refractivity contribution < 1.29 is 24.2 Å². The van der Waals surface area contributed by atoms with Crippen LogP contribution < -0.4 is 0 Å². The Labute approximate surface area is 283 Å². The van der Waals surface area contributed by atoms with Crippen LogP contribution in [0, 0.1) is 37.5 Å². The number of rotatable bonds is 10. The third-order valence-electron chi connectivity index (χ3n) is 11.0. The largest absolute Gasteiger partial charge is 0.511 e. The SMILES string of the molecule is CCOC(=O)C1CCCCC1C(=O)Cc1c(C)cc(CC)cc1CC.CCc1cc(C)c(C2=C(O)C3CCCCC3C2=O)c(CC)c1. The average molecular weight is 643 g/mol. The zero-order valence-electron chi connectivity index (χ0n) is 30.1. The number of carbonyl (C=O) groups excluding carboxylic acids is 3. The molecular formula is C42H58O5. The minimum absolute atomic E-state index is 0.0266. The van der Waals surface area contributed by atoms with Crippen LogP contribution in [0.1, 0.15) is 130 Å². The number of esters is 1. The molecule has 256 valence electrons. The van der Waals surface area contributed by atoms with Crippen molar-refractivity contribution in [1.29, 1.82) is 0 Å². The predicted octanol–water partition coefficient (Wildman–Crippen LogP) is 9.38. The molecule has 0 spiro atoms. The second-order valence-electron chi connectivity index (χ2n) is 13.9. The zero-order valence-corrected chi connectivity index (χ0v) is 30.1. The Balaban J connectivity index is 0.000000214. The molecule has 4 atom stereocenters. The van der Waals surface area contributed by atoms with E-state index < -0.39 is 0 Å². The summed E-state index contributed by atoms with van der Waals surface area (Å²) < 4.78 is 5.22. The van der Waals surface area contributed by atoms with Gasteiger partial charge in [0.25, 0.3) is 0 Å². The molecule has 4 unspecified atom stereocenters. The molecule has 5 rings (SSSR count). The number of ether oxygens (including phenoxy) is 1. The molecule has 5 nitrogen and oxygen atoms in total. The summed E-state index contributed by atoms with van der Waals surface area (Å²) >= 11 is 0. The topological polar surface area (TPSA) is 80.7 Å². The Hall–Kier alpha value is -3.21. The fourth-order valence-corrected chi connectivity index (χ4v) is 8.40. The summed E-state index contributed by atoms with van der Waals surface area (Å²) in [6, 6.07) is 8.81. The summed E-state index contributed by atoms with van der Waals surface area (Å²) in [5.74, 6) is 0.254. The number of hydrogen-bond acceptors (Lipinski definition) is 5. The second kappa shape index (κ2) is 16.8. The lowest BCUT2D eigenvalue weighted by Gasteiger charge is -2.29. The van der Waals surface area contributed by atoms with Gasteiger partial charge in [0, 0.05) is 24.2 Å². The molecule has 2 aromatic rings. The van der Waals surface area contributed by atoms with Crippen LogP contribution >= 0.6 is 0 Å². The van der Waals surface area contributed by atoms with Crippen LogP contribution in [0.4, 0.5) is 0 Å². The van der Waals surface area contributed by atoms with Crippen molar-refractivity contribution in [2.75, 3.05) is 6.61 Å². The highest BCUT2D eigenvalue weighted by atomic mass is 16.5. The molecule has 0 bridgehead atoms. The molecule has 5 heteroatoms. The molecule has 0 radical (unpaired) electrons. The maximum absolute atomic E-state index is 13.1. The van der Waals surface area contributed by atoms with E-state index in [1.165, 1.54) is 27.8 Å². The number of benzene rings is 2. The first kappa shape index (κ1) is 36.6. The highest BCUT2D eigenvalue weighted by Gasteiger charge is 2.44. The molecule has 0 saturated heterocycles. The van der Waals surface area contributed by atoms with Crippen LogP contribution in [-0.4, -0.2) is 29.2 Å². The van der Waals surface area contributed by atoms with Crippen molar-refractivity contribution in [1.82, 2.24) is 0 Å². The Kier molecular flexibility index (Phi) is 13.1. The molecule has 3 aliphatic rings. The fraction of sp³-hybridized carbons (Fsp3) is 0.595. The van der Waals surface area contributed by atoms with Gasteiger partial charge in [-0.25, -0.2) is 0 Å². The molecule has 3 aliphatic carbocycles. The third kappa shape index (κ3) is 8.09. The molecule has 47 heavy (non-hydrogen) atoms. The second-order valence-corrected chi connectivity index (χ2v) is 13.9. The molecule has 0 amide bonds. The maximum atomic E-state index is 13.1. The summed E-state index contributed by atoms with van der Waals surface area (Å²) in [4.78, 5) is 38.2. The normalized spacial score (nSPS) is 22.4. The van der Waals surface area contributed by atoms with Crippen molar-refractivity contribution in [3.05, 3.63) is 74.5 Å². The summed E-state index contributed by atoms with van der Waals surface area (Å²) in [5, 5.41) is 10.7. The number of Topliss-reactive ketones (excluding diaryl/α,β-unsaturated/α-hetero) is 2. The van der Waals surface area contributed by atoms with Crippen molar-refractivity contribution >= 4 is 23.1 Å². The van der Waals surface area contributed by atoms with Gasteiger partial charge in [-0.05, 0) is 117 Å². The van der Waals surface area contributed by atoms with Crippen molar-refractivity contribution in [2.24, 2.45) is 23.7 Å². The van der Waals surface area contributed by atoms with E-state index >= 15 is 0 Å². The highest BCUT2D eigenvalue weighted by molar-refractivity contribution is 6.25. The molecule has 0 aromatic heterocycles. The summed E-state index contributed by atoms with van der Waals surface area (Å²) in [6.07, 6.45) is 12.0. The minimum atomic E-state index is -0.249. The number of fused-ring (bicyclic) bond motifs is 1. The van der Waals surface area contributed by atoms with E-state index in [4.69, 9.17) is 4.74 Å². The Morgan fingerprint density at radius 1 is 0.723 bits per heavy atom. The lowest BCUT2D eigenvalue weighted by Crippen LogP contribution is -2.35. The average Bonchev–Trinajstić information content (AvgIpc) is 3.33. The van der Waals surface area contributed by atoms with E-state index in [9.17, 15) is 19.5 Å². The van der Waals surface area contributed by atoms with Crippen LogP contribution in [-0.2, 0) is 51.2 Å². The van der Waals surface area contributed by atoms with Crippen LogP contribution in [0.5, 0.6) is 0 Å². The van der Waals surface area contributed by atoms with E-state index in [0.717, 1.165) is 93.7 Å². The van der Waals surface area contributed by atoms with Gasteiger partial charge in [0.05, 0.1) is 18.1 Å². The van der Waals surface area contributed by atoms with Crippen molar-refractivity contribution in [3.8, 4) is 0 Å². The van der Waals surface area contributed by atoms with Crippen LogP contribution in [0.25, 0.3) is 5.57 Å². The van der Waals surface area contributed by atoms with Gasteiger partial charge in [0.2, 0.25) is 0 Å². The lowest BCUT2D eigenvalue weighted by molar-refractivity contribution is -0.153. The predicted molar refractivity (Wildman–Crippen MR) is 191 cm³/mol. The van der Waals surface area contributed by atoms with E-state index in [2.05, 4.69) is 65.8 Å². The summed E-state index contributed by atoms with van der Waals surface area (Å²) in [7, 11) is 0. The van der Waals surface area contributed by atoms with E-state index in [1.807, 2.05) is 6.92 Å². The molecule has 2 saturated carbocycles. The van der Waals surface area contributed by atoms with Gasteiger partial charge in [-0.15, -0.1) is 0 Å². The van der Waals surface area contributed by atoms with Gasteiger partial charge >= 0.3 is 5.97 Å². The molecular weight excluding hydrogens is 584 g/mol. The summed E-state index contributed by atoms with van der Waals surface area (Å²) in [6.45, 7) is 15.0. The fourth-order valence-electron chi connectivity index (χ4n) is 8.40. The minimum Gasteiger partial charge on any atom is -0.511 e. The standard InChI is InChI=1S/C22H32O3.C20H26O2/c1-5-16-12-15(4)20(17(6-2)13-16)14-21(23)18-10-8-9-11-19(18)22(24)25-7-3;1-4-13-10-12(3)17(14(5-2)11-13)18-19(21)15-8-6-7-9-16(15)20(18)22/h12-13,18-19H,5-11,14H2,1-4H3;10-11,15-16,21H,4-9H2,1-3H3. The number of ketones is 2. The van der Waals surface area contributed by atoms with Gasteiger partial charge in [0.1, 0.15) is 11.5 Å². The van der Waals surface area contributed by atoms with E-state index in [0.29, 0.717) is 24.4 Å². The number of aryl methyl sites for hydroxylation is 6. The van der Waals surface area contributed by atoms with Gasteiger partial charge in [0.15, 0.2) is 5.78 Å². The quantitative estimate of drug-likeness (QED) is 0.261. The molecule has 2 aromatic carbocycles. The van der Waals surface area contributed by atoms with Crippen LogP contribution in [0.3, 0.4) is 0 Å². The van der Waals surface area contributed by atoms with Gasteiger partial charge < -0.3 is 9.84 Å². The van der Waals surface area contributed by atoms with E-state index in [-0.39, 0.29) is 41.2 Å². The van der Waals surface area contributed by atoms with Crippen LogP contribution in [0.15, 0.2) is 30.0 Å². The number of hydrogen-bond donors (Lipinski definition) is 1. The maximum Gasteiger partial charge on any atom is 0.309 e. The smallest absolute Gasteiger partial charge is 0.309 e. The molecule has 1 N–H and O–H groups in total. The molecule has 0 aliphatic heterocycles. The Bertz CT molecular complexity index is 1480. The number of carbonyl (C=O) groups is 3. The van der Waals surface area contributed by atoms with Crippen molar-refractivity contribution in [3.63, 3.8) is 0 Å². The molecule has 2 fully saturated rings. The first-order chi connectivity index (χ1) is 22.6. The highest BCUT2D eigenvalue weighted by Crippen LogP contribution is 2.47. The number of aliphatic hydroxyl groups excluding tert-OH is 1. The number of aliphatic hydroxyl groups is 1.